The number of hydrogen-bond donors (Lipinski definition) is 1. The number of piperidine rings is 1. The van der Waals surface area contributed by atoms with Crippen molar-refractivity contribution in [3.05, 3.63) is 47.9 Å². The zero-order valence-electron chi connectivity index (χ0n) is 13.5. The molecule has 0 atom stereocenters. The first-order chi connectivity index (χ1) is 11.6. The zero-order chi connectivity index (χ0) is 17.1. The van der Waals surface area contributed by atoms with E-state index < -0.39 is 5.97 Å². The van der Waals surface area contributed by atoms with Gasteiger partial charge in [0.05, 0.1) is 17.0 Å². The third kappa shape index (κ3) is 3.27. The quantitative estimate of drug-likeness (QED) is 0.937. The zero-order valence-corrected chi connectivity index (χ0v) is 13.5. The molecule has 1 fully saturated rings. The first kappa shape index (κ1) is 16.1. The highest BCUT2D eigenvalue weighted by molar-refractivity contribution is 5.88. The van der Waals surface area contributed by atoms with Crippen molar-refractivity contribution in [3.8, 4) is 11.3 Å². The Labute approximate surface area is 140 Å². The number of carboxylic acids is 1. The summed E-state index contributed by atoms with van der Waals surface area (Å²) in [6.07, 6.45) is 5.05. The Morgan fingerprint density at radius 3 is 2.29 bits per heavy atom. The second kappa shape index (κ2) is 6.78. The summed E-state index contributed by atoms with van der Waals surface area (Å²) in [5.41, 5.74) is 2.82. The van der Waals surface area contributed by atoms with Crippen molar-refractivity contribution >= 4 is 11.9 Å². The van der Waals surface area contributed by atoms with Crippen molar-refractivity contribution in [1.29, 1.82) is 0 Å². The van der Waals surface area contributed by atoms with Crippen LogP contribution in [-0.4, -0.2) is 44.9 Å². The van der Waals surface area contributed by atoms with E-state index in [0.717, 1.165) is 42.9 Å². The molecule has 0 spiro atoms. The highest BCUT2D eigenvalue weighted by Crippen LogP contribution is 2.32. The van der Waals surface area contributed by atoms with Crippen molar-refractivity contribution in [2.75, 3.05) is 13.1 Å². The summed E-state index contributed by atoms with van der Waals surface area (Å²) in [4.78, 5) is 33.3. The second-order valence-corrected chi connectivity index (χ2v) is 5.95. The molecule has 0 unspecified atom stereocenters. The third-order valence-corrected chi connectivity index (χ3v) is 4.46. The first-order valence-corrected chi connectivity index (χ1v) is 7.96. The maximum Gasteiger partial charge on any atom is 0.335 e. The van der Waals surface area contributed by atoms with Crippen LogP contribution in [0.1, 0.15) is 41.7 Å². The fourth-order valence-electron chi connectivity index (χ4n) is 3.11. The highest BCUT2D eigenvalue weighted by atomic mass is 16.4. The van der Waals surface area contributed by atoms with Gasteiger partial charge in [0.2, 0.25) is 5.91 Å². The number of rotatable bonds is 3. The minimum atomic E-state index is -0.947. The normalized spacial score (nSPS) is 15.3. The molecule has 0 radical (unpaired) electrons. The van der Waals surface area contributed by atoms with Crippen LogP contribution in [0.15, 0.2) is 36.7 Å². The van der Waals surface area contributed by atoms with E-state index in [-0.39, 0.29) is 17.4 Å². The number of carbonyl (C=O) groups is 2. The lowest BCUT2D eigenvalue weighted by Gasteiger charge is -2.31. The molecule has 1 N–H and O–H groups in total. The van der Waals surface area contributed by atoms with E-state index in [2.05, 4.69) is 9.97 Å². The van der Waals surface area contributed by atoms with E-state index in [9.17, 15) is 9.59 Å². The summed E-state index contributed by atoms with van der Waals surface area (Å²) >= 11 is 0. The molecule has 1 saturated heterocycles. The van der Waals surface area contributed by atoms with Gasteiger partial charge in [-0.2, -0.15) is 0 Å². The average molecular weight is 325 g/mol. The minimum absolute atomic E-state index is 0.108. The second-order valence-electron chi connectivity index (χ2n) is 5.95. The molecule has 1 aliphatic rings. The monoisotopic (exact) mass is 325 g/mol. The molecule has 24 heavy (non-hydrogen) atoms. The standard InChI is InChI=1S/C18H19N3O3/c1-12(22)21-10-6-14(7-11-21)17-16(19-8-9-20-17)13-2-4-15(5-3-13)18(23)24/h2-5,8-9,14H,6-7,10-11H2,1H3,(H,23,24). The molecular formula is C18H19N3O3. The number of nitrogens with zero attached hydrogens (tertiary/aromatic N) is 3. The Kier molecular flexibility index (Phi) is 4.55. The molecule has 0 bridgehead atoms. The number of benzene rings is 1. The molecule has 2 aromatic rings. The molecule has 6 nitrogen and oxygen atoms in total. The van der Waals surface area contributed by atoms with Crippen LogP contribution in [0.2, 0.25) is 0 Å². The van der Waals surface area contributed by atoms with E-state index in [1.807, 2.05) is 4.90 Å². The minimum Gasteiger partial charge on any atom is -0.478 e. The van der Waals surface area contributed by atoms with Crippen molar-refractivity contribution in [1.82, 2.24) is 14.9 Å². The SMILES string of the molecule is CC(=O)N1CCC(c2nccnc2-c2ccc(C(=O)O)cc2)CC1. The number of likely N-dealkylation sites (tertiary alicyclic amines) is 1. The van der Waals surface area contributed by atoms with E-state index >= 15 is 0 Å². The molecule has 124 valence electrons. The van der Waals surface area contributed by atoms with E-state index in [1.54, 1.807) is 43.6 Å². The van der Waals surface area contributed by atoms with Gasteiger partial charge in [-0.25, -0.2) is 4.79 Å². The summed E-state index contributed by atoms with van der Waals surface area (Å²) < 4.78 is 0. The third-order valence-electron chi connectivity index (χ3n) is 4.46. The Balaban J connectivity index is 1.86. The van der Waals surface area contributed by atoms with Crippen LogP contribution in [0.5, 0.6) is 0 Å². The average Bonchev–Trinajstić information content (AvgIpc) is 2.62. The van der Waals surface area contributed by atoms with Crippen LogP contribution in [0.3, 0.4) is 0 Å². The van der Waals surface area contributed by atoms with Gasteiger partial charge in [-0.15, -0.1) is 0 Å². The van der Waals surface area contributed by atoms with Gasteiger partial charge < -0.3 is 10.0 Å². The van der Waals surface area contributed by atoms with Gasteiger partial charge in [0.1, 0.15) is 0 Å². The molecule has 0 saturated carbocycles. The number of carboxylic acid groups (broad SMARTS) is 1. The number of carbonyl (C=O) groups excluding carboxylic acids is 1. The maximum atomic E-state index is 11.5. The fraction of sp³-hybridized carbons (Fsp3) is 0.333. The maximum absolute atomic E-state index is 11.5. The van der Waals surface area contributed by atoms with E-state index in [1.165, 1.54) is 0 Å². The summed E-state index contributed by atoms with van der Waals surface area (Å²) in [7, 11) is 0. The number of aromatic nitrogens is 2. The molecule has 3 rings (SSSR count). The van der Waals surface area contributed by atoms with E-state index in [4.69, 9.17) is 5.11 Å². The van der Waals surface area contributed by atoms with Crippen LogP contribution in [-0.2, 0) is 4.79 Å². The highest BCUT2D eigenvalue weighted by Gasteiger charge is 2.25. The van der Waals surface area contributed by atoms with Crippen LogP contribution in [0, 0.1) is 0 Å². The Hall–Kier alpha value is -2.76. The summed E-state index contributed by atoms with van der Waals surface area (Å²) in [6.45, 7) is 3.06. The van der Waals surface area contributed by atoms with Crippen molar-refractivity contribution in [2.24, 2.45) is 0 Å². The summed E-state index contributed by atoms with van der Waals surface area (Å²) in [6, 6.07) is 6.69. The summed E-state index contributed by atoms with van der Waals surface area (Å²) in [5.74, 6) is -0.585. The molecule has 1 aromatic heterocycles. The Morgan fingerprint density at radius 2 is 1.71 bits per heavy atom. The summed E-state index contributed by atoms with van der Waals surface area (Å²) in [5, 5.41) is 9.01. The molecule has 2 heterocycles. The Morgan fingerprint density at radius 1 is 1.08 bits per heavy atom. The molecule has 1 amide bonds. The van der Waals surface area contributed by atoms with Gasteiger partial charge in [0, 0.05) is 43.9 Å². The van der Waals surface area contributed by atoms with Crippen molar-refractivity contribution in [3.63, 3.8) is 0 Å². The Bertz CT molecular complexity index is 750. The lowest BCUT2D eigenvalue weighted by molar-refractivity contribution is -0.129. The van der Waals surface area contributed by atoms with Crippen molar-refractivity contribution < 1.29 is 14.7 Å². The van der Waals surface area contributed by atoms with Crippen LogP contribution in [0.25, 0.3) is 11.3 Å². The predicted octanol–water partition coefficient (Wildman–Crippen LogP) is 2.57. The lowest BCUT2D eigenvalue weighted by atomic mass is 9.90. The van der Waals surface area contributed by atoms with Gasteiger partial charge in [-0.3, -0.25) is 14.8 Å². The van der Waals surface area contributed by atoms with Gasteiger partial charge in [-0.05, 0) is 25.0 Å². The van der Waals surface area contributed by atoms with Gasteiger partial charge in [0.25, 0.3) is 0 Å². The topological polar surface area (TPSA) is 83.4 Å². The van der Waals surface area contributed by atoms with E-state index in [0.29, 0.717) is 0 Å². The fourth-order valence-corrected chi connectivity index (χ4v) is 3.11. The lowest BCUT2D eigenvalue weighted by Crippen LogP contribution is -2.36. The molecule has 1 aromatic carbocycles. The van der Waals surface area contributed by atoms with Gasteiger partial charge >= 0.3 is 5.97 Å². The van der Waals surface area contributed by atoms with Crippen LogP contribution >= 0.6 is 0 Å². The molecular weight excluding hydrogens is 306 g/mol. The molecule has 6 heteroatoms. The smallest absolute Gasteiger partial charge is 0.335 e. The first-order valence-electron chi connectivity index (χ1n) is 7.96. The predicted molar refractivity (Wildman–Crippen MR) is 88.7 cm³/mol. The number of hydrogen-bond acceptors (Lipinski definition) is 4. The van der Waals surface area contributed by atoms with Gasteiger partial charge in [-0.1, -0.05) is 12.1 Å². The number of amides is 1. The van der Waals surface area contributed by atoms with Crippen LogP contribution < -0.4 is 0 Å². The largest absolute Gasteiger partial charge is 0.478 e. The number of aromatic carboxylic acids is 1. The molecule has 1 aliphatic heterocycles. The van der Waals surface area contributed by atoms with Crippen molar-refractivity contribution in [2.45, 2.75) is 25.7 Å². The van der Waals surface area contributed by atoms with Crippen LogP contribution in [0.4, 0.5) is 0 Å². The molecule has 0 aliphatic carbocycles. The van der Waals surface area contributed by atoms with Gasteiger partial charge in [0.15, 0.2) is 0 Å².